The number of aromatic nitrogens is 1. The second-order valence-corrected chi connectivity index (χ2v) is 7.87. The average molecular weight is 504 g/mol. The van der Waals surface area contributed by atoms with Gasteiger partial charge in [-0.05, 0) is 66.2 Å². The normalized spacial score (nSPS) is 10.8. The van der Waals surface area contributed by atoms with Crippen LogP contribution in [0.1, 0.15) is 26.3 Å². The van der Waals surface area contributed by atoms with Crippen LogP contribution in [0, 0.1) is 0 Å². The van der Waals surface area contributed by atoms with Gasteiger partial charge in [0.05, 0.1) is 42.3 Å². The predicted octanol–water partition coefficient (Wildman–Crippen LogP) is 5.13. The summed E-state index contributed by atoms with van der Waals surface area (Å²) in [5, 5.41) is 4.18. The second kappa shape index (κ2) is 11.2. The van der Waals surface area contributed by atoms with Crippen LogP contribution in [0.3, 0.4) is 0 Å². The van der Waals surface area contributed by atoms with Gasteiger partial charge in [-0.15, -0.1) is 0 Å². The Kier molecular flexibility index (Phi) is 7.67. The molecule has 0 spiro atoms. The molecule has 0 saturated heterocycles. The molecule has 36 heavy (non-hydrogen) atoms. The number of nitrogens with one attached hydrogen (secondary N) is 1. The summed E-state index contributed by atoms with van der Waals surface area (Å²) in [5.74, 6) is -0.0606. The fourth-order valence-corrected chi connectivity index (χ4v) is 3.66. The number of rotatable bonds is 8. The van der Waals surface area contributed by atoms with E-state index in [-0.39, 0.29) is 22.4 Å². The van der Waals surface area contributed by atoms with E-state index < -0.39 is 5.97 Å². The van der Waals surface area contributed by atoms with Crippen LogP contribution in [0.5, 0.6) is 17.2 Å². The van der Waals surface area contributed by atoms with Crippen molar-refractivity contribution in [3.63, 3.8) is 0 Å². The lowest BCUT2D eigenvalue weighted by Crippen LogP contribution is -2.19. The molecule has 1 aromatic heterocycles. The maximum Gasteiger partial charge on any atom is 0.343 e. The first-order valence-corrected chi connectivity index (χ1v) is 11.2. The van der Waals surface area contributed by atoms with Crippen molar-refractivity contribution in [1.29, 1.82) is 0 Å². The molecular formula is C27H22ClN3O5. The fraction of sp³-hybridized carbons (Fsp3) is 0.0741. The molecule has 4 rings (SSSR count). The summed E-state index contributed by atoms with van der Waals surface area (Å²) >= 11 is 6.38. The van der Waals surface area contributed by atoms with Crippen molar-refractivity contribution in [3.05, 3.63) is 107 Å². The molecule has 0 saturated carbocycles. The predicted molar refractivity (Wildman–Crippen MR) is 137 cm³/mol. The molecule has 0 fully saturated rings. The smallest absolute Gasteiger partial charge is 0.343 e. The number of ether oxygens (including phenoxy) is 3. The van der Waals surface area contributed by atoms with Crippen molar-refractivity contribution in [3.8, 4) is 22.9 Å². The Balaban J connectivity index is 1.48. The highest BCUT2D eigenvalue weighted by atomic mass is 35.5. The average Bonchev–Trinajstić information content (AvgIpc) is 3.45. The van der Waals surface area contributed by atoms with Gasteiger partial charge in [0.1, 0.15) is 5.75 Å². The SMILES string of the molecule is COc1ccc(C(=O)Oc2c(Cl)cc(/C=N\NC(=O)c3ccccc3-n3cccc3)cc2OC)cc1. The number of carbonyl (C=O) groups is 2. The third kappa shape index (κ3) is 5.56. The minimum absolute atomic E-state index is 0.0711. The summed E-state index contributed by atoms with van der Waals surface area (Å²) in [6.45, 7) is 0. The van der Waals surface area contributed by atoms with Crippen LogP contribution in [0.4, 0.5) is 0 Å². The van der Waals surface area contributed by atoms with Crippen LogP contribution in [-0.4, -0.2) is 36.9 Å². The number of nitrogens with zero attached hydrogens (tertiary/aromatic N) is 2. The van der Waals surface area contributed by atoms with Gasteiger partial charge in [0.2, 0.25) is 0 Å². The van der Waals surface area contributed by atoms with Gasteiger partial charge in [-0.1, -0.05) is 23.7 Å². The fourth-order valence-electron chi connectivity index (χ4n) is 3.40. The lowest BCUT2D eigenvalue weighted by molar-refractivity contribution is 0.0729. The van der Waals surface area contributed by atoms with E-state index >= 15 is 0 Å². The number of esters is 1. The zero-order chi connectivity index (χ0) is 25.5. The first kappa shape index (κ1) is 24.6. The van der Waals surface area contributed by atoms with Crippen LogP contribution < -0.4 is 19.6 Å². The minimum atomic E-state index is -0.604. The summed E-state index contributed by atoms with van der Waals surface area (Å²) in [5.41, 5.74) is 4.56. The van der Waals surface area contributed by atoms with Crippen LogP contribution in [0.2, 0.25) is 5.02 Å². The molecule has 182 valence electrons. The molecule has 0 aliphatic carbocycles. The number of carbonyl (C=O) groups excluding carboxylic acids is 2. The van der Waals surface area contributed by atoms with Crippen LogP contribution in [0.15, 0.2) is 90.3 Å². The molecule has 3 aromatic carbocycles. The van der Waals surface area contributed by atoms with E-state index in [1.54, 1.807) is 48.5 Å². The monoisotopic (exact) mass is 503 g/mol. The van der Waals surface area contributed by atoms with Gasteiger partial charge in [-0.3, -0.25) is 4.79 Å². The number of hydrogen-bond acceptors (Lipinski definition) is 6. The maximum absolute atomic E-state index is 12.7. The van der Waals surface area contributed by atoms with Gasteiger partial charge >= 0.3 is 5.97 Å². The van der Waals surface area contributed by atoms with Crippen molar-refractivity contribution in [2.75, 3.05) is 14.2 Å². The molecular weight excluding hydrogens is 482 g/mol. The number of para-hydroxylation sites is 1. The summed E-state index contributed by atoms with van der Waals surface area (Å²) in [4.78, 5) is 25.3. The Hall–Kier alpha value is -4.56. The van der Waals surface area contributed by atoms with E-state index in [1.165, 1.54) is 20.4 Å². The van der Waals surface area contributed by atoms with Gasteiger partial charge < -0.3 is 18.8 Å². The first-order valence-electron chi connectivity index (χ1n) is 10.8. The molecule has 9 heteroatoms. The standard InChI is InChI=1S/C27H22ClN3O5/c1-34-20-11-9-19(10-12-20)27(33)36-25-22(28)15-18(16-24(25)35-2)17-29-30-26(32)21-7-3-4-8-23(21)31-13-5-6-14-31/h3-17H,1-2H3,(H,30,32)/b29-17-. The van der Waals surface area contributed by atoms with E-state index in [0.29, 0.717) is 22.4 Å². The Morgan fingerprint density at radius 2 is 1.67 bits per heavy atom. The molecule has 1 heterocycles. The topological polar surface area (TPSA) is 91.2 Å². The number of methoxy groups -OCH3 is 2. The summed E-state index contributed by atoms with van der Waals surface area (Å²) < 4.78 is 17.8. The number of halogens is 1. The second-order valence-electron chi connectivity index (χ2n) is 7.46. The van der Waals surface area contributed by atoms with Crippen LogP contribution in [-0.2, 0) is 0 Å². The molecule has 0 aliphatic heterocycles. The van der Waals surface area contributed by atoms with Gasteiger partial charge in [0.15, 0.2) is 11.5 Å². The summed E-state index contributed by atoms with van der Waals surface area (Å²) in [7, 11) is 2.97. The van der Waals surface area contributed by atoms with Crippen molar-refractivity contribution >= 4 is 29.7 Å². The van der Waals surface area contributed by atoms with Crippen LogP contribution >= 0.6 is 11.6 Å². The molecule has 4 aromatic rings. The third-order valence-corrected chi connectivity index (χ3v) is 5.46. The molecule has 0 aliphatic rings. The molecule has 0 atom stereocenters. The lowest BCUT2D eigenvalue weighted by Gasteiger charge is -2.12. The van der Waals surface area contributed by atoms with E-state index in [1.807, 2.05) is 41.2 Å². The Labute approximate surface area is 212 Å². The molecule has 0 radical (unpaired) electrons. The van der Waals surface area contributed by atoms with Crippen molar-refractivity contribution in [2.45, 2.75) is 0 Å². The van der Waals surface area contributed by atoms with E-state index in [0.717, 1.165) is 5.69 Å². The highest BCUT2D eigenvalue weighted by molar-refractivity contribution is 6.32. The molecule has 1 amide bonds. The van der Waals surface area contributed by atoms with Crippen molar-refractivity contribution in [2.24, 2.45) is 5.10 Å². The highest BCUT2D eigenvalue weighted by Gasteiger charge is 2.17. The maximum atomic E-state index is 12.7. The van der Waals surface area contributed by atoms with E-state index in [9.17, 15) is 9.59 Å². The molecule has 1 N–H and O–H groups in total. The van der Waals surface area contributed by atoms with E-state index in [4.69, 9.17) is 25.8 Å². The first-order chi connectivity index (χ1) is 17.5. The number of benzene rings is 3. The third-order valence-electron chi connectivity index (χ3n) is 5.18. The minimum Gasteiger partial charge on any atom is -0.497 e. The summed E-state index contributed by atoms with van der Waals surface area (Å²) in [6, 6.07) is 20.6. The van der Waals surface area contributed by atoms with Crippen LogP contribution in [0.25, 0.3) is 5.69 Å². The highest BCUT2D eigenvalue weighted by Crippen LogP contribution is 2.36. The number of amides is 1. The van der Waals surface area contributed by atoms with Gasteiger partial charge in [0, 0.05) is 12.4 Å². The van der Waals surface area contributed by atoms with E-state index in [2.05, 4.69) is 10.5 Å². The molecule has 8 nitrogen and oxygen atoms in total. The van der Waals surface area contributed by atoms with Crippen molar-refractivity contribution < 1.29 is 23.8 Å². The molecule has 0 bridgehead atoms. The summed E-state index contributed by atoms with van der Waals surface area (Å²) in [6.07, 6.45) is 5.12. The zero-order valence-electron chi connectivity index (χ0n) is 19.5. The Morgan fingerprint density at radius 1 is 0.944 bits per heavy atom. The Bertz CT molecular complexity index is 1400. The van der Waals surface area contributed by atoms with Crippen molar-refractivity contribution in [1.82, 2.24) is 9.99 Å². The molecule has 0 unspecified atom stereocenters. The lowest BCUT2D eigenvalue weighted by atomic mass is 10.1. The zero-order valence-corrected chi connectivity index (χ0v) is 20.2. The van der Waals surface area contributed by atoms with Gasteiger partial charge in [-0.2, -0.15) is 5.10 Å². The van der Waals surface area contributed by atoms with Gasteiger partial charge in [-0.25, -0.2) is 10.2 Å². The number of hydrazone groups is 1. The largest absolute Gasteiger partial charge is 0.497 e. The quantitative estimate of drug-likeness (QED) is 0.156. The van der Waals surface area contributed by atoms with Gasteiger partial charge in [0.25, 0.3) is 5.91 Å². The Morgan fingerprint density at radius 3 is 2.36 bits per heavy atom. The number of hydrogen-bond donors (Lipinski definition) is 1.